The predicted octanol–water partition coefficient (Wildman–Crippen LogP) is 5.02. The quantitative estimate of drug-likeness (QED) is 0.530. The number of Topliss-reactive ketones (excluding diaryl/α,β-unsaturated/α-hetero) is 2. The summed E-state index contributed by atoms with van der Waals surface area (Å²) in [5.74, 6) is 3.37. The van der Waals surface area contributed by atoms with E-state index in [-0.39, 0.29) is 5.92 Å². The standard InChI is InChI=1S/C20H30O2/c1-2-3-13-18-14-10-8-6-4-5-7-9-11-15-19(21)16-12-17-20(18)22/h1,5,7,18H,3-4,6,8-17H2/b7-5-. The number of carbonyl (C=O) groups is 2. The molecule has 0 saturated carbocycles. The van der Waals surface area contributed by atoms with E-state index in [0.29, 0.717) is 43.7 Å². The maximum Gasteiger partial charge on any atom is 0.136 e. The van der Waals surface area contributed by atoms with Gasteiger partial charge in [-0.1, -0.05) is 25.0 Å². The third-order valence-electron chi connectivity index (χ3n) is 4.39. The van der Waals surface area contributed by atoms with Crippen LogP contribution in [-0.4, -0.2) is 11.6 Å². The summed E-state index contributed by atoms with van der Waals surface area (Å²) in [6, 6.07) is 0. The minimum Gasteiger partial charge on any atom is -0.300 e. The first-order chi connectivity index (χ1) is 10.7. The summed E-state index contributed by atoms with van der Waals surface area (Å²) in [6.07, 6.45) is 21.2. The van der Waals surface area contributed by atoms with E-state index < -0.39 is 0 Å². The lowest BCUT2D eigenvalue weighted by Crippen LogP contribution is -2.15. The van der Waals surface area contributed by atoms with E-state index in [4.69, 9.17) is 6.42 Å². The zero-order valence-corrected chi connectivity index (χ0v) is 13.8. The smallest absolute Gasteiger partial charge is 0.136 e. The van der Waals surface area contributed by atoms with Gasteiger partial charge in [0.25, 0.3) is 0 Å². The molecule has 0 amide bonds. The van der Waals surface area contributed by atoms with E-state index in [1.54, 1.807) is 0 Å². The summed E-state index contributed by atoms with van der Waals surface area (Å²) in [5, 5.41) is 0. The highest BCUT2D eigenvalue weighted by Gasteiger charge is 2.17. The molecule has 1 aliphatic rings. The van der Waals surface area contributed by atoms with Crippen molar-refractivity contribution in [3.8, 4) is 12.3 Å². The number of carbonyl (C=O) groups excluding carboxylic acids is 2. The van der Waals surface area contributed by atoms with E-state index in [0.717, 1.165) is 38.5 Å². The lowest BCUT2D eigenvalue weighted by molar-refractivity contribution is -0.123. The Morgan fingerprint density at radius 2 is 1.68 bits per heavy atom. The molecule has 0 spiro atoms. The van der Waals surface area contributed by atoms with Gasteiger partial charge in [-0.05, 0) is 44.9 Å². The Bertz CT molecular complexity index is 400. The van der Waals surface area contributed by atoms with E-state index in [1.807, 2.05) is 0 Å². The Hall–Kier alpha value is -1.36. The van der Waals surface area contributed by atoms with Crippen LogP contribution in [-0.2, 0) is 9.59 Å². The molecule has 122 valence electrons. The number of allylic oxidation sites excluding steroid dienone is 2. The molecule has 1 rings (SSSR count). The highest BCUT2D eigenvalue weighted by molar-refractivity contribution is 5.82. The molecular formula is C20H30O2. The molecule has 2 nitrogen and oxygen atoms in total. The third-order valence-corrected chi connectivity index (χ3v) is 4.39. The number of terminal acetylenes is 1. The van der Waals surface area contributed by atoms with E-state index in [9.17, 15) is 9.59 Å². The van der Waals surface area contributed by atoms with Crippen LogP contribution in [0.5, 0.6) is 0 Å². The van der Waals surface area contributed by atoms with Gasteiger partial charge in [0, 0.05) is 31.6 Å². The van der Waals surface area contributed by atoms with Gasteiger partial charge < -0.3 is 0 Å². The van der Waals surface area contributed by atoms with Crippen molar-refractivity contribution in [1.29, 1.82) is 0 Å². The molecular weight excluding hydrogens is 272 g/mol. The monoisotopic (exact) mass is 302 g/mol. The van der Waals surface area contributed by atoms with Crippen molar-refractivity contribution >= 4 is 11.6 Å². The maximum absolute atomic E-state index is 12.3. The van der Waals surface area contributed by atoms with Crippen LogP contribution >= 0.6 is 0 Å². The first-order valence-electron chi connectivity index (χ1n) is 8.87. The van der Waals surface area contributed by atoms with Crippen molar-refractivity contribution in [2.24, 2.45) is 5.92 Å². The van der Waals surface area contributed by atoms with Crippen LogP contribution in [0, 0.1) is 18.3 Å². The van der Waals surface area contributed by atoms with E-state index in [1.165, 1.54) is 12.8 Å². The summed E-state index contributed by atoms with van der Waals surface area (Å²) in [6.45, 7) is 0. The predicted molar refractivity (Wildman–Crippen MR) is 91.5 cm³/mol. The van der Waals surface area contributed by atoms with Gasteiger partial charge in [0.1, 0.15) is 11.6 Å². The molecule has 0 bridgehead atoms. The highest BCUT2D eigenvalue weighted by atomic mass is 16.1. The molecule has 0 radical (unpaired) electrons. The van der Waals surface area contributed by atoms with Crippen molar-refractivity contribution < 1.29 is 9.59 Å². The van der Waals surface area contributed by atoms with Gasteiger partial charge in [0.2, 0.25) is 0 Å². The second-order valence-corrected chi connectivity index (χ2v) is 6.30. The SMILES string of the molecule is C#CCCC1CCCCC/C=C\CCCC(=O)CCCC1=O. The van der Waals surface area contributed by atoms with Crippen LogP contribution in [0.4, 0.5) is 0 Å². The topological polar surface area (TPSA) is 34.1 Å². The first kappa shape index (κ1) is 18.7. The second-order valence-electron chi connectivity index (χ2n) is 6.30. The fourth-order valence-electron chi connectivity index (χ4n) is 3.00. The van der Waals surface area contributed by atoms with Crippen molar-refractivity contribution in [3.05, 3.63) is 12.2 Å². The van der Waals surface area contributed by atoms with Gasteiger partial charge in [-0.3, -0.25) is 9.59 Å². The Morgan fingerprint density at radius 3 is 2.45 bits per heavy atom. The maximum atomic E-state index is 12.3. The minimum atomic E-state index is 0.106. The van der Waals surface area contributed by atoms with Crippen molar-refractivity contribution in [3.63, 3.8) is 0 Å². The van der Waals surface area contributed by atoms with E-state index >= 15 is 0 Å². The second kappa shape index (κ2) is 12.2. The Balaban J connectivity index is 2.51. The molecule has 0 saturated heterocycles. The normalized spacial score (nSPS) is 24.6. The third kappa shape index (κ3) is 8.82. The van der Waals surface area contributed by atoms with E-state index in [2.05, 4.69) is 18.1 Å². The van der Waals surface area contributed by atoms with Crippen LogP contribution in [0.3, 0.4) is 0 Å². The molecule has 2 heteroatoms. The van der Waals surface area contributed by atoms with Gasteiger partial charge >= 0.3 is 0 Å². The van der Waals surface area contributed by atoms with Gasteiger partial charge in [0.15, 0.2) is 0 Å². The van der Waals surface area contributed by atoms with Crippen molar-refractivity contribution in [2.75, 3.05) is 0 Å². The van der Waals surface area contributed by atoms with Gasteiger partial charge in [-0.2, -0.15) is 0 Å². The minimum absolute atomic E-state index is 0.106. The van der Waals surface area contributed by atoms with Gasteiger partial charge in [-0.15, -0.1) is 12.3 Å². The number of hydrogen-bond acceptors (Lipinski definition) is 2. The van der Waals surface area contributed by atoms with Crippen LogP contribution in [0.2, 0.25) is 0 Å². The zero-order chi connectivity index (χ0) is 16.0. The van der Waals surface area contributed by atoms with Crippen LogP contribution in [0.25, 0.3) is 0 Å². The summed E-state index contributed by atoms with van der Waals surface area (Å²) >= 11 is 0. The summed E-state index contributed by atoms with van der Waals surface area (Å²) in [4.78, 5) is 24.1. The number of ketones is 2. The lowest BCUT2D eigenvalue weighted by atomic mass is 9.89. The number of rotatable bonds is 2. The summed E-state index contributed by atoms with van der Waals surface area (Å²) < 4.78 is 0. The van der Waals surface area contributed by atoms with Crippen molar-refractivity contribution in [1.82, 2.24) is 0 Å². The molecule has 0 aromatic heterocycles. The average Bonchev–Trinajstić information content (AvgIpc) is 2.50. The summed E-state index contributed by atoms with van der Waals surface area (Å²) in [7, 11) is 0. The summed E-state index contributed by atoms with van der Waals surface area (Å²) in [5.41, 5.74) is 0. The molecule has 0 fully saturated rings. The molecule has 1 atom stereocenters. The molecule has 1 unspecified atom stereocenters. The lowest BCUT2D eigenvalue weighted by Gasteiger charge is -2.14. The Kier molecular flexibility index (Phi) is 10.4. The molecule has 0 heterocycles. The molecule has 0 aromatic rings. The molecule has 1 aliphatic carbocycles. The largest absolute Gasteiger partial charge is 0.300 e. The first-order valence-corrected chi connectivity index (χ1v) is 8.87. The van der Waals surface area contributed by atoms with Gasteiger partial charge in [-0.25, -0.2) is 0 Å². The fourth-order valence-corrected chi connectivity index (χ4v) is 3.00. The average molecular weight is 302 g/mol. The molecule has 0 aliphatic heterocycles. The highest BCUT2D eigenvalue weighted by Crippen LogP contribution is 2.20. The zero-order valence-electron chi connectivity index (χ0n) is 13.8. The van der Waals surface area contributed by atoms with Crippen LogP contribution < -0.4 is 0 Å². The number of hydrogen-bond donors (Lipinski definition) is 0. The van der Waals surface area contributed by atoms with Crippen LogP contribution in [0.15, 0.2) is 12.2 Å². The fraction of sp³-hybridized carbons (Fsp3) is 0.700. The Labute approximate surface area is 135 Å². The Morgan fingerprint density at radius 1 is 0.955 bits per heavy atom. The van der Waals surface area contributed by atoms with Gasteiger partial charge in [0.05, 0.1) is 0 Å². The van der Waals surface area contributed by atoms with Crippen LogP contribution in [0.1, 0.15) is 83.5 Å². The molecule has 0 aromatic carbocycles. The molecule has 22 heavy (non-hydrogen) atoms. The van der Waals surface area contributed by atoms with Crippen molar-refractivity contribution in [2.45, 2.75) is 83.5 Å². The molecule has 0 N–H and O–H groups in total.